The van der Waals surface area contributed by atoms with Gasteiger partial charge in [0, 0.05) is 19.3 Å². The third kappa shape index (κ3) is 2.99. The molecule has 2 N–H and O–H groups in total. The van der Waals surface area contributed by atoms with Gasteiger partial charge in [-0.15, -0.1) is 0 Å². The van der Waals surface area contributed by atoms with E-state index >= 15 is 0 Å². The van der Waals surface area contributed by atoms with Crippen LogP contribution in [0.4, 0.5) is 5.69 Å². The lowest BCUT2D eigenvalue weighted by Gasteiger charge is -2.06. The number of aromatic nitrogens is 1. The maximum absolute atomic E-state index is 11.3. The molecule has 0 radical (unpaired) electrons. The van der Waals surface area contributed by atoms with E-state index in [1.807, 2.05) is 6.92 Å². The van der Waals surface area contributed by atoms with E-state index in [0.717, 1.165) is 0 Å². The van der Waals surface area contributed by atoms with Crippen molar-refractivity contribution in [2.75, 3.05) is 26.1 Å². The van der Waals surface area contributed by atoms with Crippen LogP contribution in [0.15, 0.2) is 12.3 Å². The van der Waals surface area contributed by atoms with Gasteiger partial charge in [0.25, 0.3) is 0 Å². The van der Waals surface area contributed by atoms with Crippen molar-refractivity contribution >= 4 is 11.7 Å². The first-order valence-corrected chi connectivity index (χ1v) is 4.80. The van der Waals surface area contributed by atoms with Crippen LogP contribution in [0, 0.1) is 0 Å². The molecule has 0 unspecified atom stereocenters. The highest BCUT2D eigenvalue weighted by molar-refractivity contribution is 5.88. The molecule has 5 heteroatoms. The minimum absolute atomic E-state index is 0.386. The van der Waals surface area contributed by atoms with Crippen LogP contribution < -0.4 is 5.73 Å². The highest BCUT2D eigenvalue weighted by atomic mass is 16.5. The lowest BCUT2D eigenvalue weighted by Crippen LogP contribution is -2.13. The summed E-state index contributed by atoms with van der Waals surface area (Å²) >= 11 is 0. The normalized spacial score (nSPS) is 10.3. The summed E-state index contributed by atoms with van der Waals surface area (Å²) < 4.78 is 11.6. The summed E-state index contributed by atoms with van der Waals surface area (Å²) in [6, 6.07) is 1.60. The number of nitrogens with zero attached hydrogens (tertiary/aromatic N) is 1. The number of carbonyl (C=O) groups is 1. The van der Waals surface area contributed by atoms with Gasteiger partial charge in [0.1, 0.15) is 5.69 Å². The SMILES string of the molecule is CCOCCn1cc(N)cc1C(=O)OC. The third-order valence-electron chi connectivity index (χ3n) is 1.99. The number of ether oxygens (including phenoxy) is 2. The average molecular weight is 212 g/mol. The van der Waals surface area contributed by atoms with E-state index in [9.17, 15) is 4.79 Å². The average Bonchev–Trinajstić information content (AvgIpc) is 2.59. The Morgan fingerprint density at radius 3 is 2.93 bits per heavy atom. The molecule has 0 aromatic carbocycles. The third-order valence-corrected chi connectivity index (χ3v) is 1.99. The summed E-state index contributed by atoms with van der Waals surface area (Å²) in [7, 11) is 1.35. The van der Waals surface area contributed by atoms with Crippen molar-refractivity contribution in [1.29, 1.82) is 0 Å². The largest absolute Gasteiger partial charge is 0.464 e. The maximum Gasteiger partial charge on any atom is 0.354 e. The molecule has 1 rings (SSSR count). The molecule has 84 valence electrons. The lowest BCUT2D eigenvalue weighted by atomic mass is 10.4. The minimum Gasteiger partial charge on any atom is -0.464 e. The molecule has 0 spiro atoms. The Labute approximate surface area is 88.8 Å². The van der Waals surface area contributed by atoms with Crippen molar-refractivity contribution in [2.45, 2.75) is 13.5 Å². The van der Waals surface area contributed by atoms with Crippen LogP contribution in [0.2, 0.25) is 0 Å². The van der Waals surface area contributed by atoms with Gasteiger partial charge in [-0.3, -0.25) is 0 Å². The molecule has 0 saturated heterocycles. The van der Waals surface area contributed by atoms with Gasteiger partial charge < -0.3 is 19.8 Å². The van der Waals surface area contributed by atoms with E-state index in [1.54, 1.807) is 16.8 Å². The smallest absolute Gasteiger partial charge is 0.354 e. The second-order valence-electron chi connectivity index (χ2n) is 3.04. The predicted molar refractivity (Wildman–Crippen MR) is 56.7 cm³/mol. The molecule has 5 nitrogen and oxygen atoms in total. The van der Waals surface area contributed by atoms with Crippen LogP contribution in [0.25, 0.3) is 0 Å². The van der Waals surface area contributed by atoms with Gasteiger partial charge in [-0.2, -0.15) is 0 Å². The molecule has 0 fully saturated rings. The molecule has 1 heterocycles. The molecule has 0 bridgehead atoms. The van der Waals surface area contributed by atoms with Gasteiger partial charge in [-0.25, -0.2) is 4.79 Å². The molecule has 15 heavy (non-hydrogen) atoms. The van der Waals surface area contributed by atoms with Gasteiger partial charge in [-0.1, -0.05) is 0 Å². The molecule has 1 aromatic rings. The van der Waals surface area contributed by atoms with E-state index in [4.69, 9.17) is 10.5 Å². The highest BCUT2D eigenvalue weighted by Gasteiger charge is 2.12. The fourth-order valence-electron chi connectivity index (χ4n) is 1.30. The maximum atomic E-state index is 11.3. The van der Waals surface area contributed by atoms with Gasteiger partial charge in [0.2, 0.25) is 0 Å². The first-order chi connectivity index (χ1) is 7.19. The number of methoxy groups -OCH3 is 1. The summed E-state index contributed by atoms with van der Waals surface area (Å²) in [4.78, 5) is 11.3. The molecule has 0 atom stereocenters. The zero-order valence-corrected chi connectivity index (χ0v) is 9.03. The monoisotopic (exact) mass is 212 g/mol. The van der Waals surface area contributed by atoms with Crippen molar-refractivity contribution < 1.29 is 14.3 Å². The van der Waals surface area contributed by atoms with Crippen molar-refractivity contribution in [1.82, 2.24) is 4.57 Å². The molecular formula is C10H16N2O3. The van der Waals surface area contributed by atoms with E-state index in [-0.39, 0.29) is 5.97 Å². The fourth-order valence-corrected chi connectivity index (χ4v) is 1.30. The summed E-state index contributed by atoms with van der Waals surface area (Å²) in [6.45, 7) is 3.72. The van der Waals surface area contributed by atoms with E-state index in [0.29, 0.717) is 31.1 Å². The predicted octanol–water partition coefficient (Wildman–Crippen LogP) is 0.893. The number of rotatable bonds is 5. The van der Waals surface area contributed by atoms with Crippen molar-refractivity contribution in [3.63, 3.8) is 0 Å². The van der Waals surface area contributed by atoms with E-state index in [1.165, 1.54) is 7.11 Å². The number of hydrogen-bond acceptors (Lipinski definition) is 4. The lowest BCUT2D eigenvalue weighted by molar-refractivity contribution is 0.0585. The second kappa shape index (κ2) is 5.41. The number of nitrogen functional groups attached to an aromatic ring is 1. The van der Waals surface area contributed by atoms with Crippen molar-refractivity contribution in [3.8, 4) is 0 Å². The van der Waals surface area contributed by atoms with Crippen LogP contribution in [-0.2, 0) is 16.0 Å². The molecule has 0 aliphatic heterocycles. The zero-order valence-electron chi connectivity index (χ0n) is 9.03. The standard InChI is InChI=1S/C10H16N2O3/c1-3-15-5-4-12-7-8(11)6-9(12)10(13)14-2/h6-7H,3-5,11H2,1-2H3. The van der Waals surface area contributed by atoms with Crippen LogP contribution >= 0.6 is 0 Å². The van der Waals surface area contributed by atoms with Gasteiger partial charge in [0.15, 0.2) is 0 Å². The van der Waals surface area contributed by atoms with E-state index in [2.05, 4.69) is 4.74 Å². The quantitative estimate of drug-likeness (QED) is 0.581. The first-order valence-electron chi connectivity index (χ1n) is 4.80. The van der Waals surface area contributed by atoms with Crippen LogP contribution in [-0.4, -0.2) is 30.9 Å². The second-order valence-corrected chi connectivity index (χ2v) is 3.04. The summed E-state index contributed by atoms with van der Waals surface area (Å²) in [6.07, 6.45) is 1.70. The molecule has 1 aromatic heterocycles. The summed E-state index contributed by atoms with van der Waals surface area (Å²) in [5, 5.41) is 0. The fraction of sp³-hybridized carbons (Fsp3) is 0.500. The highest BCUT2D eigenvalue weighted by Crippen LogP contribution is 2.11. The van der Waals surface area contributed by atoms with E-state index < -0.39 is 0 Å². The van der Waals surface area contributed by atoms with Crippen molar-refractivity contribution in [2.24, 2.45) is 0 Å². The Bertz CT molecular complexity index is 333. The molecular weight excluding hydrogens is 196 g/mol. The Kier molecular flexibility index (Phi) is 4.17. The number of hydrogen-bond donors (Lipinski definition) is 1. The molecule has 0 amide bonds. The van der Waals surface area contributed by atoms with Gasteiger partial charge in [0.05, 0.1) is 19.4 Å². The minimum atomic E-state index is -0.386. The molecule has 0 aliphatic rings. The Hall–Kier alpha value is -1.49. The van der Waals surface area contributed by atoms with Gasteiger partial charge in [-0.05, 0) is 13.0 Å². The van der Waals surface area contributed by atoms with Crippen LogP contribution in [0.3, 0.4) is 0 Å². The molecule has 0 saturated carbocycles. The van der Waals surface area contributed by atoms with Crippen molar-refractivity contribution in [3.05, 3.63) is 18.0 Å². The molecule has 0 aliphatic carbocycles. The summed E-state index contributed by atoms with van der Waals surface area (Å²) in [5.41, 5.74) is 6.61. The first kappa shape index (κ1) is 11.6. The summed E-state index contributed by atoms with van der Waals surface area (Å²) in [5.74, 6) is -0.386. The Morgan fingerprint density at radius 2 is 2.33 bits per heavy atom. The number of carbonyl (C=O) groups excluding carboxylic acids is 1. The Morgan fingerprint density at radius 1 is 1.60 bits per heavy atom. The van der Waals surface area contributed by atoms with Crippen LogP contribution in [0.1, 0.15) is 17.4 Å². The topological polar surface area (TPSA) is 66.5 Å². The number of anilines is 1. The number of nitrogens with two attached hydrogens (primary N) is 1. The zero-order chi connectivity index (χ0) is 11.3. The Balaban J connectivity index is 2.72. The van der Waals surface area contributed by atoms with Crippen LogP contribution in [0.5, 0.6) is 0 Å². The van der Waals surface area contributed by atoms with Gasteiger partial charge >= 0.3 is 5.97 Å². The number of esters is 1.